The Morgan fingerprint density at radius 3 is 2.44 bits per heavy atom. The van der Waals surface area contributed by atoms with E-state index < -0.39 is 5.97 Å². The van der Waals surface area contributed by atoms with Crippen LogP contribution in [0.15, 0.2) is 0 Å². The molecular formula is C6H13NO2. The van der Waals surface area contributed by atoms with E-state index in [1.54, 1.807) is 7.05 Å². The summed E-state index contributed by atoms with van der Waals surface area (Å²) >= 11 is 0. The Morgan fingerprint density at radius 1 is 1.78 bits per heavy atom. The zero-order valence-corrected chi connectivity index (χ0v) is 5.85. The molecule has 0 saturated carbocycles. The summed E-state index contributed by atoms with van der Waals surface area (Å²) in [6, 6.07) is -0.366. The number of rotatable bonds is 4. The zero-order chi connectivity index (χ0) is 7.28. The van der Waals surface area contributed by atoms with E-state index in [2.05, 4.69) is 5.32 Å². The summed E-state index contributed by atoms with van der Waals surface area (Å²) in [7, 11) is 1.66. The number of carbonyl (C=O) groups is 1. The molecule has 0 heterocycles. The van der Waals surface area contributed by atoms with Gasteiger partial charge < -0.3 is 10.4 Å². The lowest BCUT2D eigenvalue weighted by Gasteiger charge is -2.07. The van der Waals surface area contributed by atoms with Gasteiger partial charge in [-0.15, -0.1) is 0 Å². The molecule has 0 aromatic rings. The molecule has 54 valence electrons. The summed E-state index contributed by atoms with van der Waals surface area (Å²) in [6.07, 6.45) is 1.60. The van der Waals surface area contributed by atoms with Gasteiger partial charge in [0.15, 0.2) is 0 Å². The van der Waals surface area contributed by atoms with Crippen molar-refractivity contribution in [2.24, 2.45) is 0 Å². The van der Waals surface area contributed by atoms with Crippen LogP contribution in [0.3, 0.4) is 0 Å². The van der Waals surface area contributed by atoms with Gasteiger partial charge in [0.25, 0.3) is 0 Å². The van der Waals surface area contributed by atoms with E-state index in [4.69, 9.17) is 5.11 Å². The first-order chi connectivity index (χ1) is 4.22. The lowest BCUT2D eigenvalue weighted by atomic mass is 10.2. The minimum Gasteiger partial charge on any atom is -0.480 e. The fourth-order valence-electron chi connectivity index (χ4n) is 0.680. The first kappa shape index (κ1) is 8.43. The molecule has 0 aliphatic rings. The van der Waals surface area contributed by atoms with E-state index in [0.717, 1.165) is 6.42 Å². The molecule has 2 N–H and O–H groups in total. The van der Waals surface area contributed by atoms with Crippen molar-refractivity contribution >= 4 is 5.97 Å². The first-order valence-corrected chi connectivity index (χ1v) is 3.12. The van der Waals surface area contributed by atoms with Crippen LogP contribution in [0.2, 0.25) is 0 Å². The van der Waals surface area contributed by atoms with Crippen molar-refractivity contribution in [1.29, 1.82) is 0 Å². The van der Waals surface area contributed by atoms with E-state index in [1.165, 1.54) is 0 Å². The van der Waals surface area contributed by atoms with Gasteiger partial charge in [-0.1, -0.05) is 13.3 Å². The maximum atomic E-state index is 10.3. The van der Waals surface area contributed by atoms with E-state index in [1.807, 2.05) is 6.92 Å². The van der Waals surface area contributed by atoms with Gasteiger partial charge in [0.2, 0.25) is 0 Å². The molecule has 0 saturated heterocycles. The molecule has 0 bridgehead atoms. The van der Waals surface area contributed by atoms with Crippen molar-refractivity contribution in [2.45, 2.75) is 25.8 Å². The molecule has 1 atom stereocenters. The molecule has 0 amide bonds. The molecule has 0 aromatic carbocycles. The fourth-order valence-corrected chi connectivity index (χ4v) is 0.680. The number of hydrogen-bond donors (Lipinski definition) is 2. The van der Waals surface area contributed by atoms with Crippen LogP contribution in [-0.2, 0) is 4.79 Å². The lowest BCUT2D eigenvalue weighted by Crippen LogP contribution is -2.33. The van der Waals surface area contributed by atoms with Gasteiger partial charge in [-0.2, -0.15) is 0 Å². The Hall–Kier alpha value is -0.570. The molecule has 3 heteroatoms. The van der Waals surface area contributed by atoms with Gasteiger partial charge in [0.1, 0.15) is 6.04 Å². The Labute approximate surface area is 55.1 Å². The van der Waals surface area contributed by atoms with Crippen molar-refractivity contribution in [3.63, 3.8) is 0 Å². The third-order valence-corrected chi connectivity index (χ3v) is 1.22. The first-order valence-electron chi connectivity index (χ1n) is 3.12. The van der Waals surface area contributed by atoms with Crippen molar-refractivity contribution in [3.8, 4) is 0 Å². The van der Waals surface area contributed by atoms with Crippen LogP contribution in [0.25, 0.3) is 0 Å². The van der Waals surface area contributed by atoms with Gasteiger partial charge >= 0.3 is 5.97 Å². The summed E-state index contributed by atoms with van der Waals surface area (Å²) in [5.41, 5.74) is 0. The molecule has 0 aliphatic carbocycles. The van der Waals surface area contributed by atoms with Gasteiger partial charge in [-0.05, 0) is 13.5 Å². The van der Waals surface area contributed by atoms with Crippen LogP contribution >= 0.6 is 0 Å². The molecule has 0 fully saturated rings. The normalized spacial score (nSPS) is 13.1. The van der Waals surface area contributed by atoms with Crippen LogP contribution < -0.4 is 5.32 Å². The minimum atomic E-state index is -0.764. The number of likely N-dealkylation sites (N-methyl/N-ethyl adjacent to an activating group) is 1. The summed E-state index contributed by atoms with van der Waals surface area (Å²) in [5.74, 6) is -0.764. The molecule has 1 unspecified atom stereocenters. The maximum absolute atomic E-state index is 10.3. The quantitative estimate of drug-likeness (QED) is 0.582. The van der Waals surface area contributed by atoms with Gasteiger partial charge in [-0.25, -0.2) is 0 Å². The Morgan fingerprint density at radius 2 is 2.33 bits per heavy atom. The predicted molar refractivity (Wildman–Crippen MR) is 35.4 cm³/mol. The van der Waals surface area contributed by atoms with Gasteiger partial charge in [0, 0.05) is 0 Å². The highest BCUT2D eigenvalue weighted by molar-refractivity contribution is 5.73. The number of aliphatic carboxylic acids is 1. The molecular weight excluding hydrogens is 118 g/mol. The van der Waals surface area contributed by atoms with E-state index >= 15 is 0 Å². The van der Waals surface area contributed by atoms with Crippen LogP contribution in [0, 0.1) is 0 Å². The third-order valence-electron chi connectivity index (χ3n) is 1.22. The predicted octanol–water partition coefficient (Wildman–Crippen LogP) is 0.459. The van der Waals surface area contributed by atoms with Crippen LogP contribution in [0.4, 0.5) is 0 Å². The summed E-state index contributed by atoms with van der Waals surface area (Å²) in [6.45, 7) is 1.97. The largest absolute Gasteiger partial charge is 0.480 e. The highest BCUT2D eigenvalue weighted by atomic mass is 16.4. The minimum absolute atomic E-state index is 0.366. The van der Waals surface area contributed by atoms with Crippen LogP contribution in [0.5, 0.6) is 0 Å². The van der Waals surface area contributed by atoms with Crippen LogP contribution in [-0.4, -0.2) is 24.2 Å². The smallest absolute Gasteiger partial charge is 0.320 e. The highest BCUT2D eigenvalue weighted by Crippen LogP contribution is 1.94. The monoisotopic (exact) mass is 131 g/mol. The Kier molecular flexibility index (Phi) is 4.05. The average Bonchev–Trinajstić information content (AvgIpc) is 1.82. The second kappa shape index (κ2) is 4.32. The maximum Gasteiger partial charge on any atom is 0.320 e. The second-order valence-electron chi connectivity index (χ2n) is 1.97. The standard InChI is InChI=1S/C6H13NO2/c1-3-4-5(7-2)6(8)9/h5,7H,3-4H2,1-2H3,(H,8,9). The second-order valence-corrected chi connectivity index (χ2v) is 1.97. The van der Waals surface area contributed by atoms with E-state index in [0.29, 0.717) is 6.42 Å². The van der Waals surface area contributed by atoms with Crippen molar-refractivity contribution < 1.29 is 9.90 Å². The Balaban J connectivity index is 3.54. The fraction of sp³-hybridized carbons (Fsp3) is 0.833. The SMILES string of the molecule is CCCC(NC)C(=O)O. The number of nitrogens with one attached hydrogen (secondary N) is 1. The number of carboxylic acid groups (broad SMARTS) is 1. The molecule has 0 rings (SSSR count). The summed E-state index contributed by atoms with van der Waals surface area (Å²) < 4.78 is 0. The third kappa shape index (κ3) is 3.08. The van der Waals surface area contributed by atoms with Crippen molar-refractivity contribution in [1.82, 2.24) is 5.32 Å². The summed E-state index contributed by atoms with van der Waals surface area (Å²) in [5, 5.41) is 11.1. The molecule has 0 aromatic heterocycles. The molecule has 0 radical (unpaired) electrons. The highest BCUT2D eigenvalue weighted by Gasteiger charge is 2.11. The average molecular weight is 131 g/mol. The topological polar surface area (TPSA) is 49.3 Å². The lowest BCUT2D eigenvalue weighted by molar-refractivity contribution is -0.139. The summed E-state index contributed by atoms with van der Waals surface area (Å²) in [4.78, 5) is 10.3. The molecule has 9 heavy (non-hydrogen) atoms. The number of carboxylic acids is 1. The van der Waals surface area contributed by atoms with Crippen molar-refractivity contribution in [2.75, 3.05) is 7.05 Å². The molecule has 3 nitrogen and oxygen atoms in total. The van der Waals surface area contributed by atoms with Crippen LogP contribution in [0.1, 0.15) is 19.8 Å². The number of hydrogen-bond acceptors (Lipinski definition) is 2. The van der Waals surface area contributed by atoms with Gasteiger partial charge in [0.05, 0.1) is 0 Å². The zero-order valence-electron chi connectivity index (χ0n) is 5.85. The molecule has 0 aliphatic heterocycles. The van der Waals surface area contributed by atoms with Gasteiger partial charge in [-0.3, -0.25) is 4.79 Å². The Bertz CT molecular complexity index is 93.1. The van der Waals surface area contributed by atoms with E-state index in [-0.39, 0.29) is 6.04 Å². The van der Waals surface area contributed by atoms with Crippen molar-refractivity contribution in [3.05, 3.63) is 0 Å². The molecule has 0 spiro atoms. The van der Waals surface area contributed by atoms with E-state index in [9.17, 15) is 4.79 Å².